The lowest BCUT2D eigenvalue weighted by Crippen LogP contribution is -2.07. The minimum atomic E-state index is -3.74. The molecule has 0 bridgehead atoms. The van der Waals surface area contributed by atoms with Gasteiger partial charge in [-0.25, -0.2) is 0 Å². The van der Waals surface area contributed by atoms with Crippen molar-refractivity contribution in [1.82, 2.24) is 0 Å². The average molecular weight is 324 g/mol. The Kier molecular flexibility index (Phi) is 5.60. The summed E-state index contributed by atoms with van der Waals surface area (Å²) < 4.78 is 28.9. The molecule has 0 saturated heterocycles. The highest BCUT2D eigenvalue weighted by molar-refractivity contribution is 7.86. The largest absolute Gasteiger partial charge is 0.297 e. The van der Waals surface area contributed by atoms with E-state index in [0.29, 0.717) is 12.0 Å². The molecule has 0 fully saturated rings. The van der Waals surface area contributed by atoms with Gasteiger partial charge < -0.3 is 0 Å². The zero-order valence-corrected chi connectivity index (χ0v) is 13.6. The monoisotopic (exact) mass is 324 g/mol. The Labute approximate surface area is 137 Å². The van der Waals surface area contributed by atoms with Gasteiger partial charge in [0, 0.05) is 17.5 Å². The molecular weight excluding hydrogens is 308 g/mol. The lowest BCUT2D eigenvalue weighted by Gasteiger charge is -2.04. The molecule has 0 aliphatic heterocycles. The van der Waals surface area contributed by atoms with E-state index in [9.17, 15) is 8.42 Å². The Balaban J connectivity index is 1.94. The maximum absolute atomic E-state index is 12.0. The Morgan fingerprint density at radius 3 is 2.35 bits per heavy atom. The van der Waals surface area contributed by atoms with Crippen LogP contribution < -0.4 is 0 Å². The van der Waals surface area contributed by atoms with Gasteiger partial charge in [0.25, 0.3) is 10.1 Å². The molecular formula is C19H16O3S. The summed E-state index contributed by atoms with van der Waals surface area (Å²) in [4.78, 5) is 0.147. The highest BCUT2D eigenvalue weighted by Crippen LogP contribution is 2.13. The molecule has 0 aliphatic rings. The predicted molar refractivity (Wildman–Crippen MR) is 90.2 cm³/mol. The molecule has 0 heterocycles. The van der Waals surface area contributed by atoms with E-state index in [4.69, 9.17) is 10.6 Å². The summed E-state index contributed by atoms with van der Waals surface area (Å²) in [5.74, 6) is 8.36. The van der Waals surface area contributed by atoms with Crippen LogP contribution in [0.25, 0.3) is 0 Å². The third-order valence-electron chi connectivity index (χ3n) is 3.08. The third-order valence-corrected chi connectivity index (χ3v) is 4.41. The van der Waals surface area contributed by atoms with Crippen LogP contribution in [0.4, 0.5) is 0 Å². The molecule has 0 N–H and O–H groups in total. The second-order valence-electron chi connectivity index (χ2n) is 4.83. The van der Waals surface area contributed by atoms with Gasteiger partial charge in [-0.2, -0.15) is 8.42 Å². The van der Waals surface area contributed by atoms with Crippen molar-refractivity contribution >= 4 is 10.1 Å². The van der Waals surface area contributed by atoms with Crippen LogP contribution in [-0.2, 0) is 14.3 Å². The standard InChI is InChI=1S/C19H16O3S/c1-3-17-8-4-5-9-18(17)10-6-7-15-22-23(20,21)19-13-11-16(2)12-14-19/h1,4-5,8-9,11-14H,7,15H2,2H3. The number of hydrogen-bond donors (Lipinski definition) is 0. The van der Waals surface area contributed by atoms with Crippen molar-refractivity contribution in [2.45, 2.75) is 18.2 Å². The number of aryl methyl sites for hydroxylation is 1. The van der Waals surface area contributed by atoms with E-state index in [1.165, 1.54) is 12.1 Å². The van der Waals surface area contributed by atoms with E-state index in [2.05, 4.69) is 17.8 Å². The van der Waals surface area contributed by atoms with Crippen LogP contribution >= 0.6 is 0 Å². The maximum Gasteiger partial charge on any atom is 0.297 e. The van der Waals surface area contributed by atoms with Gasteiger partial charge in [-0.15, -0.1) is 6.42 Å². The second kappa shape index (κ2) is 7.65. The fourth-order valence-corrected chi connectivity index (χ4v) is 2.76. The first kappa shape index (κ1) is 16.8. The summed E-state index contributed by atoms with van der Waals surface area (Å²) >= 11 is 0. The zero-order chi connectivity index (χ0) is 16.7. The quantitative estimate of drug-likeness (QED) is 0.493. The molecule has 0 unspecified atom stereocenters. The summed E-state index contributed by atoms with van der Waals surface area (Å²) in [5, 5.41) is 0. The first-order valence-corrected chi connectivity index (χ1v) is 8.44. The molecule has 0 saturated carbocycles. The first-order chi connectivity index (χ1) is 11.0. The molecule has 2 aromatic rings. The van der Waals surface area contributed by atoms with Crippen LogP contribution in [0.5, 0.6) is 0 Å². The van der Waals surface area contributed by atoms with Crippen LogP contribution in [0, 0.1) is 31.1 Å². The number of benzene rings is 2. The van der Waals surface area contributed by atoms with Crippen molar-refractivity contribution in [2.24, 2.45) is 0 Å². The summed E-state index contributed by atoms with van der Waals surface area (Å²) in [6.45, 7) is 1.89. The van der Waals surface area contributed by atoms with Crippen LogP contribution in [0.15, 0.2) is 53.4 Å². The smallest absolute Gasteiger partial charge is 0.265 e. The van der Waals surface area contributed by atoms with E-state index in [-0.39, 0.29) is 11.5 Å². The van der Waals surface area contributed by atoms with E-state index in [0.717, 1.165) is 11.1 Å². The van der Waals surface area contributed by atoms with Crippen LogP contribution in [0.1, 0.15) is 23.1 Å². The van der Waals surface area contributed by atoms with E-state index >= 15 is 0 Å². The minimum absolute atomic E-state index is 0.00142. The molecule has 116 valence electrons. The molecule has 0 aliphatic carbocycles. The SMILES string of the molecule is C#Cc1ccccc1C#CCCOS(=O)(=O)c1ccc(C)cc1. The van der Waals surface area contributed by atoms with Gasteiger partial charge in [0.2, 0.25) is 0 Å². The minimum Gasteiger partial charge on any atom is -0.265 e. The average Bonchev–Trinajstić information content (AvgIpc) is 2.55. The highest BCUT2D eigenvalue weighted by atomic mass is 32.2. The molecule has 0 atom stereocenters. The maximum atomic E-state index is 12.0. The van der Waals surface area contributed by atoms with Crippen LogP contribution in [0.2, 0.25) is 0 Å². The van der Waals surface area contributed by atoms with Gasteiger partial charge in [-0.05, 0) is 31.2 Å². The zero-order valence-electron chi connectivity index (χ0n) is 12.7. The summed E-state index contributed by atoms with van der Waals surface area (Å²) in [6, 6.07) is 13.8. The van der Waals surface area contributed by atoms with Gasteiger partial charge >= 0.3 is 0 Å². The second-order valence-corrected chi connectivity index (χ2v) is 6.45. The Morgan fingerprint density at radius 2 is 1.70 bits per heavy atom. The number of rotatable bonds is 4. The number of hydrogen-bond acceptors (Lipinski definition) is 3. The van der Waals surface area contributed by atoms with E-state index in [1.807, 2.05) is 31.2 Å². The third kappa shape index (κ3) is 4.72. The highest BCUT2D eigenvalue weighted by Gasteiger charge is 2.13. The first-order valence-electron chi connectivity index (χ1n) is 7.03. The van der Waals surface area contributed by atoms with E-state index in [1.54, 1.807) is 12.1 Å². The summed E-state index contributed by atoms with van der Waals surface area (Å²) in [7, 11) is -3.74. The van der Waals surface area contributed by atoms with Gasteiger partial charge in [0.15, 0.2) is 0 Å². The lowest BCUT2D eigenvalue weighted by atomic mass is 10.1. The summed E-state index contributed by atoms with van der Waals surface area (Å²) in [5.41, 5.74) is 2.45. The molecule has 3 nitrogen and oxygen atoms in total. The molecule has 0 aromatic heterocycles. The molecule has 0 spiro atoms. The summed E-state index contributed by atoms with van der Waals surface area (Å²) in [6.07, 6.45) is 5.69. The van der Waals surface area contributed by atoms with E-state index < -0.39 is 10.1 Å². The van der Waals surface area contributed by atoms with Crippen LogP contribution in [-0.4, -0.2) is 15.0 Å². The Hall–Kier alpha value is -2.53. The van der Waals surface area contributed by atoms with Crippen molar-refractivity contribution in [1.29, 1.82) is 0 Å². The van der Waals surface area contributed by atoms with Crippen molar-refractivity contribution in [3.8, 4) is 24.2 Å². The van der Waals surface area contributed by atoms with Gasteiger partial charge in [-0.1, -0.05) is 47.6 Å². The fraction of sp³-hybridized carbons (Fsp3) is 0.158. The molecule has 0 radical (unpaired) electrons. The molecule has 4 heteroatoms. The van der Waals surface area contributed by atoms with Crippen molar-refractivity contribution in [3.05, 3.63) is 65.2 Å². The number of terminal acetylenes is 1. The molecule has 2 rings (SSSR count). The van der Waals surface area contributed by atoms with Gasteiger partial charge in [0.05, 0.1) is 11.5 Å². The van der Waals surface area contributed by atoms with Crippen LogP contribution in [0.3, 0.4) is 0 Å². The molecule has 23 heavy (non-hydrogen) atoms. The van der Waals surface area contributed by atoms with Crippen molar-refractivity contribution in [2.75, 3.05) is 6.61 Å². The Bertz CT molecular complexity index is 877. The topological polar surface area (TPSA) is 43.4 Å². The molecule has 2 aromatic carbocycles. The normalized spacial score (nSPS) is 10.4. The van der Waals surface area contributed by atoms with Gasteiger partial charge in [0.1, 0.15) is 0 Å². The van der Waals surface area contributed by atoms with Crippen molar-refractivity contribution in [3.63, 3.8) is 0 Å². The lowest BCUT2D eigenvalue weighted by molar-refractivity contribution is 0.326. The fourth-order valence-electron chi connectivity index (χ4n) is 1.85. The Morgan fingerprint density at radius 1 is 1.04 bits per heavy atom. The predicted octanol–water partition coefficient (Wildman–Crippen LogP) is 3.12. The van der Waals surface area contributed by atoms with Crippen molar-refractivity contribution < 1.29 is 12.6 Å². The van der Waals surface area contributed by atoms with Gasteiger partial charge in [-0.3, -0.25) is 4.18 Å². The molecule has 0 amide bonds.